The molecule has 0 saturated heterocycles. The highest BCUT2D eigenvalue weighted by molar-refractivity contribution is 6.04. The maximum atomic E-state index is 12.7. The lowest BCUT2D eigenvalue weighted by Crippen LogP contribution is -2.14. The summed E-state index contributed by atoms with van der Waals surface area (Å²) in [5.41, 5.74) is 6.05. The monoisotopic (exact) mass is 349 g/mol. The first-order valence-electron chi connectivity index (χ1n) is 6.84. The summed E-state index contributed by atoms with van der Waals surface area (Å²) < 4.78 is 38.6. The van der Waals surface area contributed by atoms with E-state index in [1.165, 1.54) is 12.3 Å². The van der Waals surface area contributed by atoms with E-state index in [2.05, 4.69) is 25.6 Å². The topological polar surface area (TPSA) is 112 Å². The summed E-state index contributed by atoms with van der Waals surface area (Å²) in [6.45, 7) is 0. The Balaban J connectivity index is 1.89. The molecular formula is C14H10F3N7O. The number of nitrogens with one attached hydrogen (secondary N) is 1. The Labute approximate surface area is 138 Å². The first-order valence-corrected chi connectivity index (χ1v) is 6.84. The molecule has 2 aromatic heterocycles. The van der Waals surface area contributed by atoms with Gasteiger partial charge in [0.1, 0.15) is 0 Å². The summed E-state index contributed by atoms with van der Waals surface area (Å²) in [7, 11) is 0. The van der Waals surface area contributed by atoms with E-state index >= 15 is 0 Å². The molecule has 0 fully saturated rings. The molecule has 3 aromatic rings. The van der Waals surface area contributed by atoms with Gasteiger partial charge in [0.15, 0.2) is 5.82 Å². The van der Waals surface area contributed by atoms with Gasteiger partial charge in [-0.2, -0.15) is 27.9 Å². The van der Waals surface area contributed by atoms with Crippen molar-refractivity contribution in [1.82, 2.24) is 25.0 Å². The standard InChI is InChI=1S/C14H10F3N7O/c15-14(16,17)12-21-13(18)24(23-12)10-6-8(7-19-22-10)11(25)20-9-4-2-1-3-5-9/h1-7H,(H,20,25)(H2,18,21,23). The quantitative estimate of drug-likeness (QED) is 0.747. The van der Waals surface area contributed by atoms with Crippen molar-refractivity contribution < 1.29 is 18.0 Å². The van der Waals surface area contributed by atoms with Crippen LogP contribution in [0.1, 0.15) is 16.2 Å². The van der Waals surface area contributed by atoms with Crippen LogP contribution in [0.5, 0.6) is 0 Å². The van der Waals surface area contributed by atoms with Gasteiger partial charge in [0.2, 0.25) is 5.95 Å². The van der Waals surface area contributed by atoms with Gasteiger partial charge in [-0.3, -0.25) is 4.79 Å². The van der Waals surface area contributed by atoms with E-state index in [-0.39, 0.29) is 11.4 Å². The van der Waals surface area contributed by atoms with Crippen molar-refractivity contribution in [3.8, 4) is 5.82 Å². The molecule has 0 aliphatic carbocycles. The number of nitrogens with zero attached hydrogens (tertiary/aromatic N) is 5. The lowest BCUT2D eigenvalue weighted by molar-refractivity contribution is -0.144. The van der Waals surface area contributed by atoms with Crippen LogP contribution in [0.25, 0.3) is 5.82 Å². The number of anilines is 2. The van der Waals surface area contributed by atoms with Crippen molar-refractivity contribution in [2.45, 2.75) is 6.18 Å². The van der Waals surface area contributed by atoms with Gasteiger partial charge < -0.3 is 11.1 Å². The molecule has 0 saturated carbocycles. The molecule has 1 amide bonds. The smallest absolute Gasteiger partial charge is 0.368 e. The Morgan fingerprint density at radius 1 is 1.20 bits per heavy atom. The molecule has 1 aromatic carbocycles. The van der Waals surface area contributed by atoms with Gasteiger partial charge in [-0.1, -0.05) is 18.2 Å². The van der Waals surface area contributed by atoms with Crippen LogP contribution in [0.15, 0.2) is 42.6 Å². The molecule has 11 heteroatoms. The van der Waals surface area contributed by atoms with Crippen molar-refractivity contribution in [1.29, 1.82) is 0 Å². The number of alkyl halides is 3. The van der Waals surface area contributed by atoms with Gasteiger partial charge in [0.05, 0.1) is 11.8 Å². The lowest BCUT2D eigenvalue weighted by atomic mass is 10.2. The van der Waals surface area contributed by atoms with Crippen LogP contribution < -0.4 is 11.1 Å². The van der Waals surface area contributed by atoms with Gasteiger partial charge in [0, 0.05) is 5.69 Å². The minimum Gasteiger partial charge on any atom is -0.368 e. The van der Waals surface area contributed by atoms with Gasteiger partial charge in [0.25, 0.3) is 11.7 Å². The minimum absolute atomic E-state index is 0.0670. The van der Waals surface area contributed by atoms with Crippen molar-refractivity contribution in [2.24, 2.45) is 0 Å². The van der Waals surface area contributed by atoms with Crippen LogP contribution in [0.3, 0.4) is 0 Å². The van der Waals surface area contributed by atoms with E-state index in [9.17, 15) is 18.0 Å². The van der Waals surface area contributed by atoms with Crippen molar-refractivity contribution in [3.63, 3.8) is 0 Å². The van der Waals surface area contributed by atoms with Crippen molar-refractivity contribution in [3.05, 3.63) is 54.0 Å². The molecule has 0 aliphatic heterocycles. The van der Waals surface area contributed by atoms with Crippen molar-refractivity contribution >= 4 is 17.5 Å². The molecule has 25 heavy (non-hydrogen) atoms. The van der Waals surface area contributed by atoms with E-state index in [1.54, 1.807) is 30.3 Å². The van der Waals surface area contributed by atoms with Crippen LogP contribution in [0.2, 0.25) is 0 Å². The molecule has 8 nitrogen and oxygen atoms in total. The molecule has 0 unspecified atom stereocenters. The zero-order valence-corrected chi connectivity index (χ0v) is 12.4. The van der Waals surface area contributed by atoms with Gasteiger partial charge in [-0.25, -0.2) is 0 Å². The maximum absolute atomic E-state index is 12.7. The molecule has 0 bridgehead atoms. The average molecular weight is 349 g/mol. The molecule has 3 N–H and O–H groups in total. The summed E-state index contributed by atoms with van der Waals surface area (Å²) in [5.74, 6) is -2.62. The first kappa shape index (κ1) is 16.4. The molecule has 0 spiro atoms. The molecule has 128 valence electrons. The Morgan fingerprint density at radius 2 is 1.92 bits per heavy atom. The molecule has 0 atom stereocenters. The number of hydrogen-bond acceptors (Lipinski definition) is 6. The number of para-hydroxylation sites is 1. The summed E-state index contributed by atoms with van der Waals surface area (Å²) in [6, 6.07) is 9.82. The number of carbonyl (C=O) groups excluding carboxylic acids is 1. The zero-order chi connectivity index (χ0) is 18.0. The zero-order valence-electron chi connectivity index (χ0n) is 12.4. The van der Waals surface area contributed by atoms with E-state index in [0.29, 0.717) is 10.4 Å². The van der Waals surface area contributed by atoms with Crippen LogP contribution in [0, 0.1) is 0 Å². The predicted octanol–water partition coefficient (Wildman–Crippen LogP) is 1.91. The number of amides is 1. The van der Waals surface area contributed by atoms with Crippen LogP contribution in [0.4, 0.5) is 24.8 Å². The van der Waals surface area contributed by atoms with E-state index in [1.807, 2.05) is 0 Å². The largest absolute Gasteiger partial charge is 0.453 e. The predicted molar refractivity (Wildman–Crippen MR) is 80.8 cm³/mol. The van der Waals surface area contributed by atoms with Crippen LogP contribution >= 0.6 is 0 Å². The second kappa shape index (κ2) is 6.19. The summed E-state index contributed by atoms with van der Waals surface area (Å²) in [4.78, 5) is 15.3. The molecule has 0 aliphatic rings. The number of carbonyl (C=O) groups is 1. The summed E-state index contributed by atoms with van der Waals surface area (Å²) >= 11 is 0. The number of hydrogen-bond donors (Lipinski definition) is 2. The number of halogens is 3. The Hall–Kier alpha value is -3.50. The second-order valence-electron chi connectivity index (χ2n) is 4.83. The van der Waals surface area contributed by atoms with Crippen LogP contribution in [-0.2, 0) is 6.18 Å². The molecular weight excluding hydrogens is 339 g/mol. The second-order valence-corrected chi connectivity index (χ2v) is 4.83. The fourth-order valence-electron chi connectivity index (χ4n) is 1.92. The van der Waals surface area contributed by atoms with Gasteiger partial charge in [-0.05, 0) is 18.2 Å². The fourth-order valence-corrected chi connectivity index (χ4v) is 1.92. The van der Waals surface area contributed by atoms with Crippen LogP contribution in [-0.4, -0.2) is 30.9 Å². The first-order chi connectivity index (χ1) is 11.8. The Morgan fingerprint density at radius 3 is 2.56 bits per heavy atom. The third-order valence-corrected chi connectivity index (χ3v) is 3.04. The fraction of sp³-hybridized carbons (Fsp3) is 0.0714. The Bertz CT molecular complexity index is 908. The third kappa shape index (κ3) is 3.54. The summed E-state index contributed by atoms with van der Waals surface area (Å²) in [6.07, 6.45) is -3.59. The van der Waals surface area contributed by atoms with E-state index in [0.717, 1.165) is 0 Å². The average Bonchev–Trinajstić information content (AvgIpc) is 2.98. The van der Waals surface area contributed by atoms with E-state index < -0.39 is 23.9 Å². The van der Waals surface area contributed by atoms with Gasteiger partial charge in [-0.15, -0.1) is 10.2 Å². The SMILES string of the molecule is Nc1nc(C(F)(F)F)nn1-c1cc(C(=O)Nc2ccccc2)cnn1. The normalized spacial score (nSPS) is 11.3. The molecule has 3 rings (SSSR count). The highest BCUT2D eigenvalue weighted by Gasteiger charge is 2.37. The Kier molecular flexibility index (Phi) is 4.05. The van der Waals surface area contributed by atoms with Gasteiger partial charge >= 0.3 is 6.18 Å². The third-order valence-electron chi connectivity index (χ3n) is 3.04. The number of benzene rings is 1. The van der Waals surface area contributed by atoms with E-state index in [4.69, 9.17) is 5.73 Å². The maximum Gasteiger partial charge on any atom is 0.453 e. The molecule has 2 heterocycles. The van der Waals surface area contributed by atoms with Crippen molar-refractivity contribution in [2.75, 3.05) is 11.1 Å². The number of aromatic nitrogens is 5. The highest BCUT2D eigenvalue weighted by atomic mass is 19.4. The number of rotatable bonds is 3. The highest BCUT2D eigenvalue weighted by Crippen LogP contribution is 2.27. The lowest BCUT2D eigenvalue weighted by Gasteiger charge is -2.06. The molecule has 0 radical (unpaired) electrons. The minimum atomic E-state index is -4.75. The summed E-state index contributed by atoms with van der Waals surface area (Å²) in [5, 5.41) is 13.1. The number of nitrogen functional groups attached to an aromatic ring is 1. The number of nitrogens with two attached hydrogens (primary N) is 1.